The number of rotatable bonds is 4. The summed E-state index contributed by atoms with van der Waals surface area (Å²) in [6.07, 6.45) is 1.54. The van der Waals surface area contributed by atoms with Crippen LogP contribution in [0, 0.1) is 6.92 Å². The molecule has 2 rings (SSSR count). The van der Waals surface area contributed by atoms with Crippen LogP contribution in [0.3, 0.4) is 0 Å². The first kappa shape index (κ1) is 13.2. The molecule has 0 saturated carbocycles. The highest BCUT2D eigenvalue weighted by atomic mass is 35.5. The maximum atomic E-state index is 11.8. The summed E-state index contributed by atoms with van der Waals surface area (Å²) in [6.45, 7) is 2.17. The van der Waals surface area contributed by atoms with Crippen LogP contribution in [-0.4, -0.2) is 9.19 Å². The summed E-state index contributed by atoms with van der Waals surface area (Å²) < 4.78 is 17.1. The molecule has 1 aromatic carbocycles. The minimum Gasteiger partial charge on any atom is -0.280 e. The molecular formula is C13H12ClNO2S. The van der Waals surface area contributed by atoms with E-state index in [1.54, 1.807) is 24.3 Å². The van der Waals surface area contributed by atoms with Crippen molar-refractivity contribution in [3.63, 3.8) is 0 Å². The van der Waals surface area contributed by atoms with Gasteiger partial charge in [-0.1, -0.05) is 29.3 Å². The van der Waals surface area contributed by atoms with Crippen LogP contribution in [0.1, 0.15) is 11.3 Å². The highest BCUT2D eigenvalue weighted by Crippen LogP contribution is 2.12. The number of aromatic nitrogens is 1. The second-order valence-corrected chi connectivity index (χ2v) is 5.39. The Balaban J connectivity index is 1.96. The Bertz CT molecular complexity index is 540. The fraction of sp³-hybridized carbons (Fsp3) is 0.154. The fourth-order valence-corrected chi connectivity index (χ4v) is 2.16. The van der Waals surface area contributed by atoms with Crippen molar-refractivity contribution in [2.45, 2.75) is 18.4 Å². The largest absolute Gasteiger partial charge is 0.280 e. The summed E-state index contributed by atoms with van der Waals surface area (Å²) in [7, 11) is 0. The van der Waals surface area contributed by atoms with E-state index in [1.807, 2.05) is 19.1 Å². The van der Waals surface area contributed by atoms with Gasteiger partial charge < -0.3 is 0 Å². The zero-order chi connectivity index (χ0) is 13.0. The Kier molecular flexibility index (Phi) is 4.47. The van der Waals surface area contributed by atoms with Crippen molar-refractivity contribution in [3.8, 4) is 0 Å². The minimum absolute atomic E-state index is 0.192. The molecule has 0 amide bonds. The molecule has 0 spiro atoms. The Hall–Kier alpha value is -1.23. The minimum atomic E-state index is -1.47. The van der Waals surface area contributed by atoms with E-state index in [4.69, 9.17) is 15.8 Å². The van der Waals surface area contributed by atoms with Crippen molar-refractivity contribution in [1.29, 1.82) is 0 Å². The number of halogens is 1. The van der Waals surface area contributed by atoms with Crippen LogP contribution in [0.4, 0.5) is 0 Å². The van der Waals surface area contributed by atoms with E-state index < -0.39 is 11.1 Å². The first-order valence-electron chi connectivity index (χ1n) is 5.37. The van der Waals surface area contributed by atoms with Crippen molar-refractivity contribution >= 4 is 22.7 Å². The molecule has 5 heteroatoms. The molecule has 0 saturated heterocycles. The van der Waals surface area contributed by atoms with Gasteiger partial charge in [0, 0.05) is 6.20 Å². The molecule has 1 aromatic heterocycles. The lowest BCUT2D eigenvalue weighted by Gasteiger charge is -2.03. The summed E-state index contributed by atoms with van der Waals surface area (Å²) in [5, 5.41) is 0.568. The lowest BCUT2D eigenvalue weighted by molar-refractivity contribution is 0.332. The predicted molar refractivity (Wildman–Crippen MR) is 71.6 cm³/mol. The molecule has 0 aliphatic heterocycles. The number of aryl methyl sites for hydroxylation is 1. The number of nitrogens with zero attached hydrogens (tertiary/aromatic N) is 1. The highest BCUT2D eigenvalue weighted by molar-refractivity contribution is 7.80. The molecule has 0 aliphatic rings. The van der Waals surface area contributed by atoms with Crippen LogP contribution in [0.2, 0.25) is 5.02 Å². The molecule has 18 heavy (non-hydrogen) atoms. The predicted octanol–water partition coefficient (Wildman–Crippen LogP) is 3.28. The molecule has 3 nitrogen and oxygen atoms in total. The molecule has 0 aliphatic carbocycles. The number of pyridine rings is 1. The van der Waals surface area contributed by atoms with Crippen LogP contribution < -0.4 is 0 Å². The zero-order valence-corrected chi connectivity index (χ0v) is 11.4. The third-order valence-electron chi connectivity index (χ3n) is 2.32. The lowest BCUT2D eigenvalue weighted by Crippen LogP contribution is -2.00. The average molecular weight is 282 g/mol. The fourth-order valence-electron chi connectivity index (χ4n) is 1.32. The number of hydrogen-bond donors (Lipinski definition) is 0. The maximum absolute atomic E-state index is 11.8. The van der Waals surface area contributed by atoms with E-state index in [-0.39, 0.29) is 6.61 Å². The van der Waals surface area contributed by atoms with Gasteiger partial charge in [0.15, 0.2) is 11.1 Å². The van der Waals surface area contributed by atoms with E-state index in [9.17, 15) is 4.21 Å². The average Bonchev–Trinajstić information content (AvgIpc) is 2.38. The Morgan fingerprint density at radius 2 is 1.94 bits per heavy atom. The Morgan fingerprint density at radius 3 is 2.56 bits per heavy atom. The van der Waals surface area contributed by atoms with Crippen molar-refractivity contribution in [2.75, 3.05) is 0 Å². The third kappa shape index (κ3) is 3.63. The summed E-state index contributed by atoms with van der Waals surface area (Å²) in [5.74, 6) is 0. The number of benzene rings is 1. The van der Waals surface area contributed by atoms with Gasteiger partial charge in [0.1, 0.15) is 6.61 Å². The Morgan fingerprint density at radius 1 is 1.22 bits per heavy atom. The second-order valence-electron chi connectivity index (χ2n) is 3.78. The van der Waals surface area contributed by atoms with Gasteiger partial charge in [-0.25, -0.2) is 4.21 Å². The van der Waals surface area contributed by atoms with Crippen LogP contribution in [0.15, 0.2) is 47.5 Å². The van der Waals surface area contributed by atoms with E-state index in [0.29, 0.717) is 15.6 Å². The van der Waals surface area contributed by atoms with Crippen LogP contribution in [-0.2, 0) is 21.9 Å². The monoisotopic (exact) mass is 281 g/mol. The summed E-state index contributed by atoms with van der Waals surface area (Å²) in [6, 6.07) is 10.9. The van der Waals surface area contributed by atoms with E-state index in [0.717, 1.165) is 5.56 Å². The van der Waals surface area contributed by atoms with Crippen molar-refractivity contribution in [3.05, 3.63) is 58.9 Å². The summed E-state index contributed by atoms with van der Waals surface area (Å²) in [4.78, 5) is 4.71. The molecule has 2 aromatic rings. The quantitative estimate of drug-likeness (QED) is 0.863. The SMILES string of the molecule is Cc1ccc(S(=O)OCc2ccc(Cl)cn2)cc1. The lowest BCUT2D eigenvalue weighted by atomic mass is 10.2. The standard InChI is InChI=1S/C13H12ClNO2S/c1-10-2-6-13(7-3-10)18(16)17-9-12-5-4-11(14)8-15-12/h2-8H,9H2,1H3. The molecule has 1 heterocycles. The zero-order valence-electron chi connectivity index (χ0n) is 9.80. The molecular weight excluding hydrogens is 270 g/mol. The molecule has 0 fully saturated rings. The third-order valence-corrected chi connectivity index (χ3v) is 3.53. The molecule has 1 atom stereocenters. The first-order valence-corrected chi connectivity index (χ1v) is 6.82. The molecule has 0 N–H and O–H groups in total. The van der Waals surface area contributed by atoms with Gasteiger partial charge in [-0.3, -0.25) is 9.17 Å². The summed E-state index contributed by atoms with van der Waals surface area (Å²) >= 11 is 4.25. The maximum Gasteiger partial charge on any atom is 0.189 e. The Labute approximate surface area is 113 Å². The van der Waals surface area contributed by atoms with Crippen LogP contribution in [0.5, 0.6) is 0 Å². The topological polar surface area (TPSA) is 39.2 Å². The molecule has 0 bridgehead atoms. The molecule has 0 radical (unpaired) electrons. The van der Waals surface area contributed by atoms with Crippen LogP contribution >= 0.6 is 11.6 Å². The van der Waals surface area contributed by atoms with Crippen molar-refractivity contribution in [1.82, 2.24) is 4.98 Å². The first-order chi connectivity index (χ1) is 8.65. The van der Waals surface area contributed by atoms with Gasteiger partial charge in [0.2, 0.25) is 0 Å². The van der Waals surface area contributed by atoms with Crippen LogP contribution in [0.25, 0.3) is 0 Å². The van der Waals surface area contributed by atoms with Gasteiger partial charge in [0.25, 0.3) is 0 Å². The second kappa shape index (κ2) is 6.09. The van der Waals surface area contributed by atoms with Gasteiger partial charge in [-0.2, -0.15) is 0 Å². The van der Waals surface area contributed by atoms with Gasteiger partial charge >= 0.3 is 0 Å². The van der Waals surface area contributed by atoms with Crippen molar-refractivity contribution < 1.29 is 8.39 Å². The normalized spacial score (nSPS) is 12.3. The number of hydrogen-bond acceptors (Lipinski definition) is 3. The van der Waals surface area contributed by atoms with Gasteiger partial charge in [-0.15, -0.1) is 0 Å². The van der Waals surface area contributed by atoms with Gasteiger partial charge in [-0.05, 0) is 31.2 Å². The molecule has 1 unspecified atom stereocenters. The molecule has 94 valence electrons. The van der Waals surface area contributed by atoms with E-state index in [1.165, 1.54) is 6.20 Å². The summed E-state index contributed by atoms with van der Waals surface area (Å²) in [5.41, 5.74) is 1.81. The smallest absolute Gasteiger partial charge is 0.189 e. The van der Waals surface area contributed by atoms with Gasteiger partial charge in [0.05, 0.1) is 15.6 Å². The highest BCUT2D eigenvalue weighted by Gasteiger charge is 2.05. The van der Waals surface area contributed by atoms with E-state index in [2.05, 4.69) is 4.98 Å². The van der Waals surface area contributed by atoms with E-state index >= 15 is 0 Å². The van der Waals surface area contributed by atoms with Crippen molar-refractivity contribution in [2.24, 2.45) is 0 Å².